The van der Waals surface area contributed by atoms with Crippen LogP contribution in [0.1, 0.15) is 0 Å². The fraction of sp³-hybridized carbons (Fsp3) is 0. The molecule has 0 saturated carbocycles. The van der Waals surface area contributed by atoms with Gasteiger partial charge in [0.2, 0.25) is 0 Å². The van der Waals surface area contributed by atoms with Crippen molar-refractivity contribution in [3.63, 3.8) is 0 Å². The summed E-state index contributed by atoms with van der Waals surface area (Å²) in [6.07, 6.45) is 0. The predicted molar refractivity (Wildman–Crippen MR) is 212 cm³/mol. The number of nitrogens with zero attached hydrogens (tertiary/aromatic N) is 2. The van der Waals surface area contributed by atoms with Crippen molar-refractivity contribution in [1.82, 2.24) is 9.97 Å². The number of furan rings is 1. The summed E-state index contributed by atoms with van der Waals surface area (Å²) in [7, 11) is 0. The monoisotopic (exact) mass is 650 g/mol. The van der Waals surface area contributed by atoms with E-state index in [9.17, 15) is 0 Å². The van der Waals surface area contributed by atoms with E-state index in [0.717, 1.165) is 61.1 Å². The maximum atomic E-state index is 6.58. The Hall–Kier alpha value is -6.84. The van der Waals surface area contributed by atoms with E-state index >= 15 is 0 Å². The number of hydrogen-bond donors (Lipinski definition) is 0. The molecule has 8 aromatic carbocycles. The topological polar surface area (TPSA) is 38.9 Å². The zero-order chi connectivity index (χ0) is 33.7. The second-order valence-electron chi connectivity index (χ2n) is 13.0. The number of fused-ring (bicyclic) bond motifs is 6. The van der Waals surface area contributed by atoms with Crippen molar-refractivity contribution < 1.29 is 4.42 Å². The minimum absolute atomic E-state index is 0.684. The van der Waals surface area contributed by atoms with Crippen LogP contribution in [-0.2, 0) is 0 Å². The molecule has 10 aromatic rings. The van der Waals surface area contributed by atoms with Gasteiger partial charge in [0.25, 0.3) is 0 Å². The highest BCUT2D eigenvalue weighted by Crippen LogP contribution is 2.42. The van der Waals surface area contributed by atoms with Gasteiger partial charge in [-0.1, -0.05) is 146 Å². The molecule has 2 aromatic heterocycles. The first kappa shape index (κ1) is 29.1. The molecule has 2 heterocycles. The minimum atomic E-state index is 0.684. The average molecular weight is 651 g/mol. The smallest absolute Gasteiger partial charge is 0.160 e. The first-order valence-electron chi connectivity index (χ1n) is 17.2. The molecule has 10 rings (SSSR count). The Morgan fingerprint density at radius 1 is 0.333 bits per heavy atom. The lowest BCUT2D eigenvalue weighted by Gasteiger charge is -2.14. The molecule has 0 spiro atoms. The second kappa shape index (κ2) is 11.9. The highest BCUT2D eigenvalue weighted by Gasteiger charge is 2.19. The summed E-state index contributed by atoms with van der Waals surface area (Å²) < 4.78 is 6.58. The van der Waals surface area contributed by atoms with Gasteiger partial charge < -0.3 is 4.42 Å². The van der Waals surface area contributed by atoms with Crippen LogP contribution in [0.15, 0.2) is 186 Å². The minimum Gasteiger partial charge on any atom is -0.456 e. The van der Waals surface area contributed by atoms with Gasteiger partial charge in [-0.25, -0.2) is 9.97 Å². The Kier molecular flexibility index (Phi) is 6.81. The molecule has 3 heteroatoms. The lowest BCUT2D eigenvalue weighted by Crippen LogP contribution is -1.96. The van der Waals surface area contributed by atoms with Crippen LogP contribution in [-0.4, -0.2) is 9.97 Å². The summed E-state index contributed by atoms with van der Waals surface area (Å²) in [6, 6.07) is 63.9. The second-order valence-corrected chi connectivity index (χ2v) is 13.0. The summed E-state index contributed by atoms with van der Waals surface area (Å²) >= 11 is 0. The van der Waals surface area contributed by atoms with Gasteiger partial charge in [-0.2, -0.15) is 0 Å². The molecular formula is C48H30N2O. The SMILES string of the molecule is c1ccc(-c2cc(-c3cc(-c4cccc(-c5cc6ccccc6c6ccccc56)c4)cc4oc5ccccc5c34)nc(-c3ccccc3)n2)cc1. The molecule has 51 heavy (non-hydrogen) atoms. The molecule has 0 atom stereocenters. The van der Waals surface area contributed by atoms with Crippen molar-refractivity contribution in [1.29, 1.82) is 0 Å². The standard InChI is InChI=1S/C48H30N2O/c1-3-14-31(15-4-1)43-30-44(50-48(49-43)32-16-5-2-6-17-32)42-28-36(29-46-47(42)40-24-11-12-25-45(40)51-46)33-19-13-20-34(26-33)41-27-35-18-7-8-21-37(35)38-22-9-10-23-39(38)41/h1-30H. The number of benzene rings is 8. The van der Waals surface area contributed by atoms with Crippen LogP contribution in [0.2, 0.25) is 0 Å². The molecule has 0 bridgehead atoms. The van der Waals surface area contributed by atoms with Crippen molar-refractivity contribution in [3.8, 4) is 56.2 Å². The largest absolute Gasteiger partial charge is 0.456 e. The van der Waals surface area contributed by atoms with Crippen LogP contribution in [0, 0.1) is 0 Å². The van der Waals surface area contributed by atoms with Crippen LogP contribution in [0.3, 0.4) is 0 Å². The van der Waals surface area contributed by atoms with Crippen LogP contribution in [0.5, 0.6) is 0 Å². The van der Waals surface area contributed by atoms with E-state index in [2.05, 4.69) is 133 Å². The Labute approximate surface area is 295 Å². The summed E-state index contributed by atoms with van der Waals surface area (Å²) in [4.78, 5) is 10.3. The summed E-state index contributed by atoms with van der Waals surface area (Å²) in [5.74, 6) is 0.684. The van der Waals surface area contributed by atoms with Crippen molar-refractivity contribution in [2.45, 2.75) is 0 Å². The van der Waals surface area contributed by atoms with Crippen LogP contribution >= 0.6 is 0 Å². The van der Waals surface area contributed by atoms with Gasteiger partial charge >= 0.3 is 0 Å². The van der Waals surface area contributed by atoms with Crippen LogP contribution in [0.25, 0.3) is 99.6 Å². The number of hydrogen-bond acceptors (Lipinski definition) is 3. The fourth-order valence-corrected chi connectivity index (χ4v) is 7.44. The van der Waals surface area contributed by atoms with Crippen molar-refractivity contribution in [2.24, 2.45) is 0 Å². The van der Waals surface area contributed by atoms with E-state index in [4.69, 9.17) is 14.4 Å². The number of rotatable bonds is 5. The van der Waals surface area contributed by atoms with E-state index in [1.54, 1.807) is 0 Å². The quantitative estimate of drug-likeness (QED) is 0.174. The summed E-state index contributed by atoms with van der Waals surface area (Å²) in [6.45, 7) is 0. The molecule has 0 aliphatic carbocycles. The maximum absolute atomic E-state index is 6.58. The summed E-state index contributed by atoms with van der Waals surface area (Å²) in [5, 5.41) is 7.10. The maximum Gasteiger partial charge on any atom is 0.160 e. The zero-order valence-electron chi connectivity index (χ0n) is 27.6. The van der Waals surface area contributed by atoms with Crippen LogP contribution < -0.4 is 0 Å². The Morgan fingerprint density at radius 3 is 1.78 bits per heavy atom. The van der Waals surface area contributed by atoms with Gasteiger partial charge in [0.05, 0.1) is 11.4 Å². The van der Waals surface area contributed by atoms with Crippen LogP contribution in [0.4, 0.5) is 0 Å². The molecule has 238 valence electrons. The third-order valence-corrected chi connectivity index (χ3v) is 9.86. The lowest BCUT2D eigenvalue weighted by molar-refractivity contribution is 0.669. The van der Waals surface area contributed by atoms with E-state index in [1.807, 2.05) is 48.5 Å². The molecule has 0 amide bonds. The molecule has 0 aliphatic heterocycles. The van der Waals surface area contributed by atoms with Gasteiger partial charge in [-0.15, -0.1) is 0 Å². The molecule has 3 nitrogen and oxygen atoms in total. The van der Waals surface area contributed by atoms with Gasteiger partial charge in [0.1, 0.15) is 11.2 Å². The van der Waals surface area contributed by atoms with Gasteiger partial charge in [-0.05, 0) is 80.2 Å². The first-order valence-corrected chi connectivity index (χ1v) is 17.2. The molecule has 0 unspecified atom stereocenters. The van der Waals surface area contributed by atoms with Crippen molar-refractivity contribution in [2.75, 3.05) is 0 Å². The Bertz CT molecular complexity index is 2850. The molecule has 0 radical (unpaired) electrons. The third-order valence-electron chi connectivity index (χ3n) is 9.86. The lowest BCUT2D eigenvalue weighted by atomic mass is 9.91. The highest BCUT2D eigenvalue weighted by atomic mass is 16.3. The molecule has 0 aliphatic rings. The third kappa shape index (κ3) is 5.06. The fourth-order valence-electron chi connectivity index (χ4n) is 7.44. The molecule has 0 saturated heterocycles. The van der Waals surface area contributed by atoms with Gasteiger partial charge in [0, 0.05) is 27.5 Å². The molecule has 0 N–H and O–H groups in total. The van der Waals surface area contributed by atoms with Crippen molar-refractivity contribution in [3.05, 3.63) is 182 Å². The number of aromatic nitrogens is 2. The zero-order valence-corrected chi connectivity index (χ0v) is 27.6. The molecular weight excluding hydrogens is 621 g/mol. The normalized spacial score (nSPS) is 11.5. The van der Waals surface area contributed by atoms with E-state index in [0.29, 0.717) is 5.82 Å². The van der Waals surface area contributed by atoms with E-state index in [-0.39, 0.29) is 0 Å². The average Bonchev–Trinajstić information content (AvgIpc) is 3.59. The highest BCUT2D eigenvalue weighted by molar-refractivity contribution is 6.15. The van der Waals surface area contributed by atoms with Gasteiger partial charge in [0.15, 0.2) is 5.82 Å². The predicted octanol–water partition coefficient (Wildman–Crippen LogP) is 13.0. The first-order chi connectivity index (χ1) is 25.3. The Morgan fingerprint density at radius 2 is 0.961 bits per heavy atom. The van der Waals surface area contributed by atoms with E-state index in [1.165, 1.54) is 32.7 Å². The Balaban J connectivity index is 1.21. The summed E-state index contributed by atoms with van der Waals surface area (Å²) in [5.41, 5.74) is 11.0. The van der Waals surface area contributed by atoms with Gasteiger partial charge in [-0.3, -0.25) is 0 Å². The molecule has 0 fully saturated rings. The van der Waals surface area contributed by atoms with E-state index < -0.39 is 0 Å². The number of para-hydroxylation sites is 1. The van der Waals surface area contributed by atoms with Crippen molar-refractivity contribution >= 4 is 43.5 Å².